The second-order valence-corrected chi connectivity index (χ2v) is 6.28. The summed E-state index contributed by atoms with van der Waals surface area (Å²) in [6, 6.07) is 12.3. The Bertz CT molecular complexity index is 734. The third-order valence-corrected chi connectivity index (χ3v) is 4.15. The molecule has 6 nitrogen and oxygen atoms in total. The molecule has 138 valence electrons. The number of amides is 2. The molecule has 2 atom stereocenters. The zero-order valence-corrected chi connectivity index (χ0v) is 15.4. The quantitative estimate of drug-likeness (QED) is 0.794. The van der Waals surface area contributed by atoms with Crippen LogP contribution in [0.5, 0.6) is 0 Å². The van der Waals surface area contributed by atoms with Gasteiger partial charge in [-0.3, -0.25) is 4.79 Å². The highest BCUT2D eigenvalue weighted by Crippen LogP contribution is 2.12. The predicted octanol–water partition coefficient (Wildman–Crippen LogP) is 3.67. The number of aromatic nitrogens is 1. The Morgan fingerprint density at radius 2 is 1.92 bits per heavy atom. The summed E-state index contributed by atoms with van der Waals surface area (Å²) < 4.78 is 5.23. The highest BCUT2D eigenvalue weighted by molar-refractivity contribution is 5.96. The molecule has 0 saturated heterocycles. The lowest BCUT2D eigenvalue weighted by atomic mass is 9.98. The number of nitrogens with zero attached hydrogens (tertiary/aromatic N) is 1. The van der Waals surface area contributed by atoms with Crippen molar-refractivity contribution in [1.29, 1.82) is 0 Å². The third-order valence-electron chi connectivity index (χ3n) is 4.15. The Morgan fingerprint density at radius 3 is 2.58 bits per heavy atom. The summed E-state index contributed by atoms with van der Waals surface area (Å²) >= 11 is 0. The van der Waals surface area contributed by atoms with Crippen molar-refractivity contribution >= 4 is 17.8 Å². The molecular formula is C20H25N3O3. The van der Waals surface area contributed by atoms with E-state index in [9.17, 15) is 9.59 Å². The normalized spacial score (nSPS) is 12.7. The van der Waals surface area contributed by atoms with Gasteiger partial charge in [0.25, 0.3) is 0 Å². The molecule has 0 saturated carbocycles. The molecule has 0 aliphatic heterocycles. The van der Waals surface area contributed by atoms with E-state index in [4.69, 9.17) is 4.74 Å². The maximum atomic E-state index is 12.6. The molecular weight excluding hydrogens is 330 g/mol. The summed E-state index contributed by atoms with van der Waals surface area (Å²) in [5, 5.41) is 5.43. The summed E-state index contributed by atoms with van der Waals surface area (Å²) in [7, 11) is 0. The van der Waals surface area contributed by atoms with E-state index in [0.717, 1.165) is 17.5 Å². The van der Waals surface area contributed by atoms with E-state index in [-0.39, 0.29) is 18.4 Å². The number of alkyl carbamates (subject to hydrolysis) is 1. The molecule has 2 aromatic rings. The van der Waals surface area contributed by atoms with Crippen LogP contribution < -0.4 is 10.6 Å². The van der Waals surface area contributed by atoms with Gasteiger partial charge in [-0.25, -0.2) is 9.78 Å². The highest BCUT2D eigenvalue weighted by atomic mass is 16.5. The van der Waals surface area contributed by atoms with E-state index in [1.165, 1.54) is 0 Å². The van der Waals surface area contributed by atoms with Crippen LogP contribution in [0.2, 0.25) is 0 Å². The number of hydrogen-bond acceptors (Lipinski definition) is 4. The molecule has 0 radical (unpaired) electrons. The van der Waals surface area contributed by atoms with E-state index >= 15 is 0 Å². The van der Waals surface area contributed by atoms with Gasteiger partial charge in [0, 0.05) is 6.20 Å². The second-order valence-electron chi connectivity index (χ2n) is 6.28. The van der Waals surface area contributed by atoms with Crippen LogP contribution in [0.25, 0.3) is 0 Å². The fraction of sp³-hybridized carbons (Fsp3) is 0.350. The molecule has 0 spiro atoms. The molecule has 2 rings (SSSR count). The Balaban J connectivity index is 1.97. The minimum atomic E-state index is -0.703. The van der Waals surface area contributed by atoms with Gasteiger partial charge < -0.3 is 15.4 Å². The number of carbonyl (C=O) groups excluding carboxylic acids is 2. The van der Waals surface area contributed by atoms with Crippen molar-refractivity contribution in [2.24, 2.45) is 5.92 Å². The van der Waals surface area contributed by atoms with Crippen LogP contribution in [-0.2, 0) is 16.1 Å². The van der Waals surface area contributed by atoms with Crippen LogP contribution in [0.4, 0.5) is 10.6 Å². The number of nitrogens with one attached hydrogen (secondary N) is 2. The topological polar surface area (TPSA) is 80.3 Å². The first-order chi connectivity index (χ1) is 12.5. The summed E-state index contributed by atoms with van der Waals surface area (Å²) in [4.78, 5) is 28.9. The molecule has 2 N–H and O–H groups in total. The molecule has 1 heterocycles. The van der Waals surface area contributed by atoms with Crippen molar-refractivity contribution in [2.45, 2.75) is 39.8 Å². The first-order valence-corrected chi connectivity index (χ1v) is 8.70. The van der Waals surface area contributed by atoms with Gasteiger partial charge in [-0.15, -0.1) is 0 Å². The summed E-state index contributed by atoms with van der Waals surface area (Å²) in [5.74, 6) is 0.0981. The van der Waals surface area contributed by atoms with Crippen LogP contribution in [-0.4, -0.2) is 23.0 Å². The fourth-order valence-corrected chi connectivity index (χ4v) is 2.40. The SMILES string of the molecule is CC[C@H](C)[C@@H](NC(=O)OCc1ccccc1)C(=O)Nc1cc(C)ccn1. The van der Waals surface area contributed by atoms with Crippen LogP contribution in [0, 0.1) is 12.8 Å². The van der Waals surface area contributed by atoms with Gasteiger partial charge in [0.05, 0.1) is 0 Å². The first-order valence-electron chi connectivity index (χ1n) is 8.70. The minimum absolute atomic E-state index is 0.0518. The summed E-state index contributed by atoms with van der Waals surface area (Å²) in [6.07, 6.45) is 1.75. The highest BCUT2D eigenvalue weighted by Gasteiger charge is 2.27. The van der Waals surface area contributed by atoms with Crippen LogP contribution in [0.1, 0.15) is 31.4 Å². The Kier molecular flexibility index (Phi) is 7.14. The average molecular weight is 355 g/mol. The molecule has 0 aliphatic carbocycles. The van der Waals surface area contributed by atoms with Gasteiger partial charge in [0.15, 0.2) is 0 Å². The number of pyridine rings is 1. The Morgan fingerprint density at radius 1 is 1.19 bits per heavy atom. The van der Waals surface area contributed by atoms with E-state index < -0.39 is 12.1 Å². The smallest absolute Gasteiger partial charge is 0.408 e. The van der Waals surface area contributed by atoms with Crippen molar-refractivity contribution in [3.8, 4) is 0 Å². The maximum absolute atomic E-state index is 12.6. The number of benzene rings is 1. The van der Waals surface area contributed by atoms with Crippen molar-refractivity contribution in [1.82, 2.24) is 10.3 Å². The molecule has 0 unspecified atom stereocenters. The minimum Gasteiger partial charge on any atom is -0.445 e. The van der Waals surface area contributed by atoms with Gasteiger partial charge in [-0.1, -0.05) is 50.6 Å². The first kappa shape index (κ1) is 19.4. The molecule has 6 heteroatoms. The zero-order chi connectivity index (χ0) is 18.9. The van der Waals surface area contributed by atoms with Crippen molar-refractivity contribution in [3.63, 3.8) is 0 Å². The lowest BCUT2D eigenvalue weighted by Gasteiger charge is -2.23. The third kappa shape index (κ3) is 5.88. The Hall–Kier alpha value is -2.89. The van der Waals surface area contributed by atoms with Gasteiger partial charge in [0.1, 0.15) is 18.5 Å². The molecule has 1 aromatic carbocycles. The largest absolute Gasteiger partial charge is 0.445 e. The van der Waals surface area contributed by atoms with Crippen LogP contribution >= 0.6 is 0 Å². The number of anilines is 1. The zero-order valence-electron chi connectivity index (χ0n) is 15.4. The monoisotopic (exact) mass is 355 g/mol. The fourth-order valence-electron chi connectivity index (χ4n) is 2.40. The average Bonchev–Trinajstić information content (AvgIpc) is 2.64. The van der Waals surface area contributed by atoms with E-state index in [2.05, 4.69) is 15.6 Å². The van der Waals surface area contributed by atoms with Crippen molar-refractivity contribution in [3.05, 3.63) is 59.8 Å². The van der Waals surface area contributed by atoms with Gasteiger partial charge in [-0.05, 0) is 36.1 Å². The standard InChI is InChI=1S/C20H25N3O3/c1-4-15(3)18(19(24)22-17-12-14(2)10-11-21-17)23-20(25)26-13-16-8-6-5-7-9-16/h5-12,15,18H,4,13H2,1-3H3,(H,23,25)(H,21,22,24)/t15-,18+/m0/s1. The number of carbonyl (C=O) groups is 2. The van der Waals surface area contributed by atoms with E-state index in [1.807, 2.05) is 57.2 Å². The van der Waals surface area contributed by atoms with Gasteiger partial charge in [0.2, 0.25) is 5.91 Å². The van der Waals surface area contributed by atoms with Gasteiger partial charge >= 0.3 is 6.09 Å². The van der Waals surface area contributed by atoms with Crippen molar-refractivity contribution < 1.29 is 14.3 Å². The lowest BCUT2D eigenvalue weighted by molar-refractivity contribution is -0.119. The lowest BCUT2D eigenvalue weighted by Crippen LogP contribution is -2.47. The molecule has 0 aliphatic rings. The van der Waals surface area contributed by atoms with Crippen LogP contribution in [0.15, 0.2) is 48.7 Å². The van der Waals surface area contributed by atoms with Gasteiger partial charge in [-0.2, -0.15) is 0 Å². The molecule has 0 fully saturated rings. The van der Waals surface area contributed by atoms with E-state index in [0.29, 0.717) is 5.82 Å². The molecule has 26 heavy (non-hydrogen) atoms. The predicted molar refractivity (Wildman–Crippen MR) is 101 cm³/mol. The Labute approximate surface area is 154 Å². The number of hydrogen-bond donors (Lipinski definition) is 2. The number of aryl methyl sites for hydroxylation is 1. The summed E-state index contributed by atoms with van der Waals surface area (Å²) in [6.45, 7) is 5.95. The molecule has 0 bridgehead atoms. The summed E-state index contributed by atoms with van der Waals surface area (Å²) in [5.41, 5.74) is 1.88. The second kappa shape index (κ2) is 9.56. The number of ether oxygens (including phenoxy) is 1. The maximum Gasteiger partial charge on any atom is 0.408 e. The van der Waals surface area contributed by atoms with E-state index in [1.54, 1.807) is 12.3 Å². The van der Waals surface area contributed by atoms with Crippen LogP contribution in [0.3, 0.4) is 0 Å². The molecule has 2 amide bonds. The van der Waals surface area contributed by atoms with Crippen molar-refractivity contribution in [2.75, 3.05) is 5.32 Å². The molecule has 1 aromatic heterocycles. The number of rotatable bonds is 7.